The van der Waals surface area contributed by atoms with Crippen LogP contribution in [0.2, 0.25) is 0 Å². The van der Waals surface area contributed by atoms with E-state index in [1.165, 1.54) is 25.1 Å². The van der Waals surface area contributed by atoms with E-state index >= 15 is 0 Å². The first-order valence-electron chi connectivity index (χ1n) is 9.52. The van der Waals surface area contributed by atoms with Gasteiger partial charge in [0.25, 0.3) is 5.91 Å². The summed E-state index contributed by atoms with van der Waals surface area (Å²) in [4.78, 5) is 29.4. The van der Waals surface area contributed by atoms with Crippen molar-refractivity contribution in [2.24, 2.45) is 0 Å². The Kier molecular flexibility index (Phi) is 7.49. The summed E-state index contributed by atoms with van der Waals surface area (Å²) in [5, 5.41) is 5.35. The van der Waals surface area contributed by atoms with E-state index in [1.54, 1.807) is 30.1 Å². The smallest absolute Gasteiger partial charge is 0.257 e. The molecule has 3 N–H and O–H groups in total. The molecule has 0 atom stereocenters. The summed E-state index contributed by atoms with van der Waals surface area (Å²) < 4.78 is 25.7. The number of benzene rings is 2. The molecule has 2 aromatic carbocycles. The first kappa shape index (κ1) is 23.3. The van der Waals surface area contributed by atoms with E-state index < -0.39 is 15.9 Å². The molecule has 3 rings (SSSR count). The van der Waals surface area contributed by atoms with E-state index in [2.05, 4.69) is 20.3 Å². The molecular weight excluding hydrogens is 448 g/mol. The van der Waals surface area contributed by atoms with Crippen LogP contribution in [0.15, 0.2) is 71.9 Å². The molecule has 0 bridgehead atoms. The molecule has 2 amide bonds. The van der Waals surface area contributed by atoms with E-state index in [0.29, 0.717) is 11.4 Å². The number of thioether (sulfide) groups is 1. The van der Waals surface area contributed by atoms with Crippen molar-refractivity contribution in [3.05, 3.63) is 78.1 Å². The molecule has 0 unspecified atom stereocenters. The van der Waals surface area contributed by atoms with Crippen LogP contribution < -0.4 is 15.4 Å². The second kappa shape index (κ2) is 10.3. The third kappa shape index (κ3) is 7.10. The van der Waals surface area contributed by atoms with Gasteiger partial charge in [0, 0.05) is 41.3 Å². The van der Waals surface area contributed by atoms with Gasteiger partial charge in [-0.05, 0) is 54.1 Å². The molecule has 0 spiro atoms. The number of rotatable bonds is 8. The third-order valence-corrected chi connectivity index (χ3v) is 5.79. The maximum absolute atomic E-state index is 12.9. The highest BCUT2D eigenvalue weighted by atomic mass is 32.2. The average molecular weight is 471 g/mol. The van der Waals surface area contributed by atoms with Gasteiger partial charge in [-0.3, -0.25) is 19.3 Å². The minimum Gasteiger partial charge on any atom is -0.326 e. The van der Waals surface area contributed by atoms with Crippen molar-refractivity contribution < 1.29 is 18.0 Å². The molecule has 0 aliphatic heterocycles. The zero-order valence-electron chi connectivity index (χ0n) is 17.5. The van der Waals surface area contributed by atoms with Crippen LogP contribution in [0.5, 0.6) is 0 Å². The number of nitrogens with one attached hydrogen (secondary N) is 3. The summed E-state index contributed by atoms with van der Waals surface area (Å²) in [6.45, 7) is 1.34. The van der Waals surface area contributed by atoms with Gasteiger partial charge in [-0.2, -0.15) is 0 Å². The highest BCUT2D eigenvalue weighted by molar-refractivity contribution is 7.98. The van der Waals surface area contributed by atoms with Gasteiger partial charge in [-0.1, -0.05) is 6.07 Å². The molecule has 8 nitrogen and oxygen atoms in total. The van der Waals surface area contributed by atoms with Crippen molar-refractivity contribution in [3.63, 3.8) is 0 Å². The van der Waals surface area contributed by atoms with Crippen molar-refractivity contribution in [1.82, 2.24) is 4.98 Å². The van der Waals surface area contributed by atoms with E-state index in [-0.39, 0.29) is 17.2 Å². The lowest BCUT2D eigenvalue weighted by molar-refractivity contribution is -0.114. The summed E-state index contributed by atoms with van der Waals surface area (Å²) in [6.07, 6.45) is 4.55. The lowest BCUT2D eigenvalue weighted by atomic mass is 10.1. The molecule has 3 aromatic rings. The number of aromatic nitrogens is 1. The molecular formula is C22H22N4O4S2. The van der Waals surface area contributed by atoms with E-state index in [1.807, 2.05) is 30.5 Å². The number of anilines is 3. The van der Waals surface area contributed by atoms with Crippen LogP contribution in [0.4, 0.5) is 17.1 Å². The quantitative estimate of drug-likeness (QED) is 0.429. The maximum atomic E-state index is 12.9. The van der Waals surface area contributed by atoms with Gasteiger partial charge >= 0.3 is 0 Å². The molecule has 0 aliphatic rings. The van der Waals surface area contributed by atoms with Crippen LogP contribution in [0.25, 0.3) is 0 Å². The van der Waals surface area contributed by atoms with Crippen molar-refractivity contribution >= 4 is 50.7 Å². The summed E-state index contributed by atoms with van der Waals surface area (Å²) >= 11 is 1.64. The highest BCUT2D eigenvalue weighted by Gasteiger charge is 2.16. The maximum Gasteiger partial charge on any atom is 0.257 e. The number of hydrogen-bond donors (Lipinski definition) is 3. The van der Waals surface area contributed by atoms with Crippen LogP contribution in [-0.4, -0.2) is 31.5 Å². The topological polar surface area (TPSA) is 117 Å². The molecule has 166 valence electrons. The van der Waals surface area contributed by atoms with E-state index in [9.17, 15) is 18.0 Å². The molecule has 0 fully saturated rings. The van der Waals surface area contributed by atoms with Crippen molar-refractivity contribution in [1.29, 1.82) is 0 Å². The minimum absolute atomic E-state index is 0.0803. The van der Waals surface area contributed by atoms with Gasteiger partial charge in [0.15, 0.2) is 0 Å². The Bertz CT molecular complexity index is 1210. The van der Waals surface area contributed by atoms with Gasteiger partial charge in [-0.25, -0.2) is 8.42 Å². The third-order valence-electron chi connectivity index (χ3n) is 4.12. The monoisotopic (exact) mass is 470 g/mol. The number of nitrogens with zero attached hydrogens (tertiary/aromatic N) is 1. The normalized spacial score (nSPS) is 10.9. The Hall–Kier alpha value is -3.37. The van der Waals surface area contributed by atoms with Crippen LogP contribution in [0.3, 0.4) is 0 Å². The zero-order chi connectivity index (χ0) is 23.1. The van der Waals surface area contributed by atoms with Crippen LogP contribution >= 0.6 is 11.8 Å². The standard InChI is InChI=1S/C22H22N4O4S2/c1-15(27)24-18-7-10-21(26-32(2,29)30)20(12-18)22(28)25-17-5-8-19(9-6-17)31-14-16-4-3-11-23-13-16/h3-13,26H,14H2,1-2H3,(H,24,27)(H,25,28). The Morgan fingerprint density at radius 1 is 1.00 bits per heavy atom. The van der Waals surface area contributed by atoms with Crippen molar-refractivity contribution in [2.45, 2.75) is 17.6 Å². The Balaban J connectivity index is 1.74. The SMILES string of the molecule is CC(=O)Nc1ccc(NS(C)(=O)=O)c(C(=O)Nc2ccc(SCc3cccnc3)cc2)c1. The first-order chi connectivity index (χ1) is 15.2. The van der Waals surface area contributed by atoms with Gasteiger partial charge in [0.05, 0.1) is 17.5 Å². The van der Waals surface area contributed by atoms with Crippen LogP contribution in [0, 0.1) is 0 Å². The van der Waals surface area contributed by atoms with Gasteiger partial charge in [0.1, 0.15) is 0 Å². The highest BCUT2D eigenvalue weighted by Crippen LogP contribution is 2.26. The summed E-state index contributed by atoms with van der Waals surface area (Å²) in [6, 6.07) is 15.6. The Morgan fingerprint density at radius 3 is 2.34 bits per heavy atom. The van der Waals surface area contributed by atoms with Crippen molar-refractivity contribution in [2.75, 3.05) is 21.6 Å². The molecule has 0 radical (unpaired) electrons. The lowest BCUT2D eigenvalue weighted by Gasteiger charge is -2.13. The fraction of sp³-hybridized carbons (Fsp3) is 0.136. The van der Waals surface area contributed by atoms with Gasteiger partial charge in [-0.15, -0.1) is 11.8 Å². The number of sulfonamides is 1. The van der Waals surface area contributed by atoms with Crippen LogP contribution in [-0.2, 0) is 20.6 Å². The summed E-state index contributed by atoms with van der Waals surface area (Å²) in [7, 11) is -3.60. The number of amides is 2. The fourth-order valence-corrected chi connectivity index (χ4v) is 4.20. The number of hydrogen-bond acceptors (Lipinski definition) is 6. The predicted molar refractivity (Wildman–Crippen MR) is 127 cm³/mol. The minimum atomic E-state index is -3.60. The molecule has 0 aliphatic carbocycles. The Labute approximate surface area is 190 Å². The first-order valence-corrected chi connectivity index (χ1v) is 12.4. The number of pyridine rings is 1. The molecule has 0 saturated heterocycles. The second-order valence-corrected chi connectivity index (χ2v) is 9.74. The largest absolute Gasteiger partial charge is 0.326 e. The van der Waals surface area contributed by atoms with Crippen molar-refractivity contribution in [3.8, 4) is 0 Å². The zero-order valence-corrected chi connectivity index (χ0v) is 19.1. The Morgan fingerprint density at radius 2 is 1.72 bits per heavy atom. The molecule has 10 heteroatoms. The van der Waals surface area contributed by atoms with E-state index in [4.69, 9.17) is 0 Å². The van der Waals surface area contributed by atoms with Gasteiger partial charge in [0.2, 0.25) is 15.9 Å². The number of carbonyl (C=O) groups excluding carboxylic acids is 2. The van der Waals surface area contributed by atoms with Crippen LogP contribution in [0.1, 0.15) is 22.8 Å². The second-order valence-electron chi connectivity index (χ2n) is 6.94. The molecule has 1 aromatic heterocycles. The summed E-state index contributed by atoms with van der Waals surface area (Å²) in [5.74, 6) is -0.0469. The lowest BCUT2D eigenvalue weighted by Crippen LogP contribution is -2.18. The average Bonchev–Trinajstić information content (AvgIpc) is 2.73. The summed E-state index contributed by atoms with van der Waals surface area (Å²) in [5.41, 5.74) is 2.24. The van der Waals surface area contributed by atoms with Gasteiger partial charge < -0.3 is 10.6 Å². The fourth-order valence-electron chi connectivity index (χ4n) is 2.78. The number of carbonyl (C=O) groups is 2. The molecule has 0 saturated carbocycles. The predicted octanol–water partition coefficient (Wildman–Crippen LogP) is 3.96. The van der Waals surface area contributed by atoms with E-state index in [0.717, 1.165) is 22.5 Å². The molecule has 32 heavy (non-hydrogen) atoms. The molecule has 1 heterocycles.